The Balaban J connectivity index is 1.79. The molecule has 1 aliphatic rings. The van der Waals surface area contributed by atoms with Gasteiger partial charge in [0.15, 0.2) is 0 Å². The molecule has 1 saturated heterocycles. The molecule has 1 aromatic carbocycles. The molecule has 3 rings (SSSR count). The monoisotopic (exact) mass is 404 g/mol. The molecule has 0 spiro atoms. The minimum Gasteiger partial charge on any atom is -0.419 e. The highest BCUT2D eigenvalue weighted by molar-refractivity contribution is 7.89. The van der Waals surface area contributed by atoms with Gasteiger partial charge in [0.2, 0.25) is 27.5 Å². The minimum atomic E-state index is -3.52. The lowest BCUT2D eigenvalue weighted by Crippen LogP contribution is -2.30. The number of nitriles is 1. The second kappa shape index (κ2) is 8.73. The molecule has 1 fully saturated rings. The van der Waals surface area contributed by atoms with E-state index in [2.05, 4.69) is 10.3 Å². The Morgan fingerprint density at radius 2 is 2.00 bits per heavy atom. The number of aromatic nitrogens is 1. The van der Waals surface area contributed by atoms with Crippen LogP contribution in [0.3, 0.4) is 0 Å². The maximum absolute atomic E-state index is 12.6. The van der Waals surface area contributed by atoms with Crippen LogP contribution in [0.4, 0.5) is 5.88 Å². The highest BCUT2D eigenvalue weighted by Crippen LogP contribution is 2.27. The Bertz CT molecular complexity index is 937. The molecule has 0 bridgehead atoms. The van der Waals surface area contributed by atoms with Crippen molar-refractivity contribution in [3.05, 3.63) is 30.0 Å². The standard InChI is InChI=1S/C19H24N4O4S/c1-3-23(4-2)28(24,25)16-9-7-14(8-10-16)18-22-17(12-20)19(27-18)21-13-15-6-5-11-26-15/h7-10,15,21H,3-6,11,13H2,1-2H3/t15-/m1/s1. The number of rotatable bonds is 8. The Morgan fingerprint density at radius 3 is 2.57 bits per heavy atom. The van der Waals surface area contributed by atoms with E-state index in [1.54, 1.807) is 26.0 Å². The van der Waals surface area contributed by atoms with Crippen LogP contribution in [-0.4, -0.2) is 50.1 Å². The van der Waals surface area contributed by atoms with Crippen LogP contribution in [-0.2, 0) is 14.8 Å². The van der Waals surface area contributed by atoms with Crippen LogP contribution >= 0.6 is 0 Å². The average Bonchev–Trinajstić information content (AvgIpc) is 3.36. The topological polar surface area (TPSA) is 108 Å². The van der Waals surface area contributed by atoms with Gasteiger partial charge in [-0.2, -0.15) is 14.6 Å². The normalized spacial score (nSPS) is 17.0. The SMILES string of the molecule is CCN(CC)S(=O)(=O)c1ccc(-c2nc(C#N)c(NC[C@H]3CCCO3)o2)cc1. The summed E-state index contributed by atoms with van der Waals surface area (Å²) in [6.07, 6.45) is 2.10. The third kappa shape index (κ3) is 4.19. The van der Waals surface area contributed by atoms with Crippen molar-refractivity contribution in [2.24, 2.45) is 0 Å². The summed E-state index contributed by atoms with van der Waals surface area (Å²) in [5.41, 5.74) is 0.757. The molecule has 8 nitrogen and oxygen atoms in total. The fourth-order valence-corrected chi connectivity index (χ4v) is 4.59. The molecule has 2 heterocycles. The average molecular weight is 404 g/mol. The van der Waals surface area contributed by atoms with E-state index in [-0.39, 0.29) is 22.6 Å². The number of hydrogen-bond donors (Lipinski definition) is 1. The number of hydrogen-bond acceptors (Lipinski definition) is 7. The Hall–Kier alpha value is -2.41. The number of ether oxygens (including phenoxy) is 1. The number of benzene rings is 1. The first-order chi connectivity index (χ1) is 13.5. The van der Waals surface area contributed by atoms with E-state index in [0.29, 0.717) is 31.1 Å². The van der Waals surface area contributed by atoms with Crippen LogP contribution in [0.2, 0.25) is 0 Å². The van der Waals surface area contributed by atoms with Gasteiger partial charge in [0.05, 0.1) is 11.0 Å². The molecule has 0 saturated carbocycles. The summed E-state index contributed by atoms with van der Waals surface area (Å²) < 4.78 is 37.8. The van der Waals surface area contributed by atoms with Crippen molar-refractivity contribution in [2.45, 2.75) is 37.7 Å². The molecule has 0 amide bonds. The number of sulfonamides is 1. The van der Waals surface area contributed by atoms with E-state index >= 15 is 0 Å². The van der Waals surface area contributed by atoms with E-state index in [1.165, 1.54) is 16.4 Å². The molecule has 1 atom stereocenters. The van der Waals surface area contributed by atoms with Gasteiger partial charge in [0.1, 0.15) is 6.07 Å². The molecular weight excluding hydrogens is 380 g/mol. The molecule has 2 aromatic rings. The van der Waals surface area contributed by atoms with Crippen LogP contribution in [0.1, 0.15) is 32.4 Å². The van der Waals surface area contributed by atoms with Crippen molar-refractivity contribution >= 4 is 15.9 Å². The Labute approximate surface area is 165 Å². The summed E-state index contributed by atoms with van der Waals surface area (Å²) in [7, 11) is -3.52. The molecule has 0 radical (unpaired) electrons. The highest BCUT2D eigenvalue weighted by Gasteiger charge is 2.22. The maximum atomic E-state index is 12.6. The van der Waals surface area contributed by atoms with Crippen LogP contribution in [0, 0.1) is 11.3 Å². The lowest BCUT2D eigenvalue weighted by molar-refractivity contribution is 0.120. The third-order valence-electron chi connectivity index (χ3n) is 4.69. The van der Waals surface area contributed by atoms with Gasteiger partial charge in [0, 0.05) is 31.8 Å². The van der Waals surface area contributed by atoms with Crippen LogP contribution in [0.15, 0.2) is 33.6 Å². The van der Waals surface area contributed by atoms with Gasteiger partial charge in [-0.05, 0) is 37.1 Å². The molecule has 1 aromatic heterocycles. The summed E-state index contributed by atoms with van der Waals surface area (Å²) >= 11 is 0. The van der Waals surface area contributed by atoms with Crippen molar-refractivity contribution in [3.8, 4) is 17.5 Å². The van der Waals surface area contributed by atoms with E-state index in [4.69, 9.17) is 9.15 Å². The first kappa shape index (κ1) is 20.3. The van der Waals surface area contributed by atoms with E-state index in [1.807, 2.05) is 6.07 Å². The fourth-order valence-electron chi connectivity index (χ4n) is 3.13. The van der Waals surface area contributed by atoms with Gasteiger partial charge >= 0.3 is 0 Å². The summed E-state index contributed by atoms with van der Waals surface area (Å²) in [6, 6.07) is 8.33. The van der Waals surface area contributed by atoms with Crippen molar-refractivity contribution < 1.29 is 17.6 Å². The van der Waals surface area contributed by atoms with Crippen molar-refractivity contribution in [1.29, 1.82) is 5.26 Å². The lowest BCUT2D eigenvalue weighted by atomic mass is 10.2. The zero-order valence-corrected chi connectivity index (χ0v) is 16.8. The first-order valence-electron chi connectivity index (χ1n) is 9.36. The summed E-state index contributed by atoms with van der Waals surface area (Å²) in [4.78, 5) is 4.42. The van der Waals surface area contributed by atoms with Gasteiger partial charge in [-0.15, -0.1) is 0 Å². The lowest BCUT2D eigenvalue weighted by Gasteiger charge is -2.18. The maximum Gasteiger partial charge on any atom is 0.243 e. The van der Waals surface area contributed by atoms with Crippen LogP contribution in [0.25, 0.3) is 11.5 Å². The predicted octanol–water partition coefficient (Wildman–Crippen LogP) is 2.83. The van der Waals surface area contributed by atoms with Gasteiger partial charge in [-0.3, -0.25) is 0 Å². The molecule has 0 unspecified atom stereocenters. The van der Waals surface area contributed by atoms with Crippen molar-refractivity contribution in [1.82, 2.24) is 9.29 Å². The first-order valence-corrected chi connectivity index (χ1v) is 10.8. The van der Waals surface area contributed by atoms with Gasteiger partial charge in [-0.1, -0.05) is 13.8 Å². The summed E-state index contributed by atoms with van der Waals surface area (Å²) in [6.45, 7) is 5.72. The summed E-state index contributed by atoms with van der Waals surface area (Å²) in [5, 5.41) is 12.4. The highest BCUT2D eigenvalue weighted by atomic mass is 32.2. The second-order valence-electron chi connectivity index (χ2n) is 6.44. The Morgan fingerprint density at radius 1 is 1.29 bits per heavy atom. The van der Waals surface area contributed by atoms with Gasteiger partial charge in [-0.25, -0.2) is 8.42 Å². The van der Waals surface area contributed by atoms with Crippen LogP contribution < -0.4 is 5.32 Å². The molecular formula is C19H24N4O4S. The fraction of sp³-hybridized carbons (Fsp3) is 0.474. The molecule has 9 heteroatoms. The van der Waals surface area contributed by atoms with E-state index < -0.39 is 10.0 Å². The summed E-state index contributed by atoms with van der Waals surface area (Å²) in [5.74, 6) is 0.561. The zero-order chi connectivity index (χ0) is 20.1. The number of nitrogens with zero attached hydrogens (tertiary/aromatic N) is 3. The van der Waals surface area contributed by atoms with Crippen molar-refractivity contribution in [3.63, 3.8) is 0 Å². The van der Waals surface area contributed by atoms with E-state index in [9.17, 15) is 13.7 Å². The second-order valence-corrected chi connectivity index (χ2v) is 8.38. The predicted molar refractivity (Wildman–Crippen MR) is 104 cm³/mol. The smallest absolute Gasteiger partial charge is 0.243 e. The number of oxazole rings is 1. The zero-order valence-electron chi connectivity index (χ0n) is 16.0. The molecule has 150 valence electrons. The largest absolute Gasteiger partial charge is 0.419 e. The van der Waals surface area contributed by atoms with Gasteiger partial charge < -0.3 is 14.5 Å². The van der Waals surface area contributed by atoms with Crippen molar-refractivity contribution in [2.75, 3.05) is 31.6 Å². The third-order valence-corrected chi connectivity index (χ3v) is 6.76. The Kier molecular flexibility index (Phi) is 6.34. The molecule has 1 N–H and O–H groups in total. The number of nitrogens with one attached hydrogen (secondary N) is 1. The van der Waals surface area contributed by atoms with Crippen LogP contribution in [0.5, 0.6) is 0 Å². The molecule has 0 aliphatic carbocycles. The molecule has 1 aliphatic heterocycles. The van der Waals surface area contributed by atoms with E-state index in [0.717, 1.165) is 19.4 Å². The number of anilines is 1. The quantitative estimate of drug-likeness (QED) is 0.720. The van der Waals surface area contributed by atoms with Gasteiger partial charge in [0.25, 0.3) is 0 Å². The minimum absolute atomic E-state index is 0.102. The molecule has 28 heavy (non-hydrogen) atoms.